The maximum absolute atomic E-state index is 11.6. The van der Waals surface area contributed by atoms with Gasteiger partial charge in [0, 0.05) is 42.9 Å². The van der Waals surface area contributed by atoms with Gasteiger partial charge in [-0.05, 0) is 32.2 Å². The zero-order chi connectivity index (χ0) is 15.4. The number of aromatic nitrogens is 1. The number of nitrogens with zero attached hydrogens (tertiary/aromatic N) is 2. The van der Waals surface area contributed by atoms with Crippen LogP contribution in [0, 0.1) is 0 Å². The summed E-state index contributed by atoms with van der Waals surface area (Å²) in [4.78, 5) is 20.2. The highest BCUT2D eigenvalue weighted by Crippen LogP contribution is 2.42. The van der Waals surface area contributed by atoms with Crippen molar-refractivity contribution in [3.8, 4) is 0 Å². The molecule has 2 heterocycles. The molecule has 3 rings (SSSR count). The van der Waals surface area contributed by atoms with Crippen molar-refractivity contribution in [3.05, 3.63) is 16.1 Å². The number of nitrogens with two attached hydrogens (primary N) is 1. The number of halogens is 1. The van der Waals surface area contributed by atoms with Crippen LogP contribution >= 0.6 is 23.7 Å². The molecule has 1 amide bonds. The topological polar surface area (TPSA) is 71.2 Å². The molecule has 1 aliphatic carbocycles. The van der Waals surface area contributed by atoms with E-state index in [1.807, 2.05) is 5.51 Å². The average Bonchev–Trinajstić information content (AvgIpc) is 3.27. The molecule has 0 radical (unpaired) electrons. The molecule has 1 aromatic heterocycles. The van der Waals surface area contributed by atoms with Crippen LogP contribution in [-0.4, -0.2) is 41.5 Å². The van der Waals surface area contributed by atoms with Gasteiger partial charge in [-0.2, -0.15) is 0 Å². The molecule has 1 saturated heterocycles. The smallest absolute Gasteiger partial charge is 0.221 e. The SMILES string of the molecule is Cl.NCCC(=O)NCC1CCCCN1Cc1scnc1C1CC1. The lowest BCUT2D eigenvalue weighted by Gasteiger charge is -2.35. The van der Waals surface area contributed by atoms with Crippen molar-refractivity contribution in [2.45, 2.75) is 57.0 Å². The maximum atomic E-state index is 11.6. The third-order valence-electron chi connectivity index (χ3n) is 4.64. The number of piperidine rings is 1. The van der Waals surface area contributed by atoms with Crippen molar-refractivity contribution in [1.82, 2.24) is 15.2 Å². The van der Waals surface area contributed by atoms with Crippen LogP contribution in [0.2, 0.25) is 0 Å². The standard InChI is InChI=1S/C16H26N4OS.ClH/c17-7-6-15(21)18-9-13-3-1-2-8-20(13)10-14-16(12-4-5-12)19-11-22-14;/h11-13H,1-10,17H2,(H,18,21);1H. The molecule has 1 aliphatic heterocycles. The Kier molecular flexibility index (Phi) is 7.27. The van der Waals surface area contributed by atoms with Crippen LogP contribution in [0.1, 0.15) is 55.0 Å². The summed E-state index contributed by atoms with van der Waals surface area (Å²) in [6.07, 6.45) is 6.70. The van der Waals surface area contributed by atoms with E-state index in [1.54, 1.807) is 11.3 Å². The predicted molar refractivity (Wildman–Crippen MR) is 96.1 cm³/mol. The minimum atomic E-state index is 0. The number of amides is 1. The summed E-state index contributed by atoms with van der Waals surface area (Å²) in [7, 11) is 0. The van der Waals surface area contributed by atoms with E-state index in [-0.39, 0.29) is 18.3 Å². The molecule has 0 bridgehead atoms. The highest BCUT2D eigenvalue weighted by Gasteiger charge is 2.30. The van der Waals surface area contributed by atoms with Crippen molar-refractivity contribution in [2.24, 2.45) is 5.73 Å². The minimum absolute atomic E-state index is 0. The van der Waals surface area contributed by atoms with E-state index < -0.39 is 0 Å². The van der Waals surface area contributed by atoms with Crippen molar-refractivity contribution in [2.75, 3.05) is 19.6 Å². The van der Waals surface area contributed by atoms with E-state index in [0.717, 1.165) is 19.6 Å². The van der Waals surface area contributed by atoms with Crippen LogP contribution < -0.4 is 11.1 Å². The Morgan fingerprint density at radius 2 is 2.22 bits per heavy atom. The molecular weight excluding hydrogens is 332 g/mol. The number of carbonyl (C=O) groups is 1. The lowest BCUT2D eigenvalue weighted by molar-refractivity contribution is -0.121. The first-order valence-electron chi connectivity index (χ1n) is 8.41. The molecule has 23 heavy (non-hydrogen) atoms. The Bertz CT molecular complexity index is 506. The molecule has 2 fully saturated rings. The highest BCUT2D eigenvalue weighted by molar-refractivity contribution is 7.09. The Balaban J connectivity index is 0.00000192. The normalized spacial score (nSPS) is 21.7. The highest BCUT2D eigenvalue weighted by atomic mass is 35.5. The van der Waals surface area contributed by atoms with E-state index in [4.69, 9.17) is 5.73 Å². The van der Waals surface area contributed by atoms with Crippen LogP contribution in [0.3, 0.4) is 0 Å². The molecule has 5 nitrogen and oxygen atoms in total. The van der Waals surface area contributed by atoms with Crippen LogP contribution in [-0.2, 0) is 11.3 Å². The summed E-state index contributed by atoms with van der Waals surface area (Å²) in [6.45, 7) is 3.29. The fourth-order valence-electron chi connectivity index (χ4n) is 3.22. The Labute approximate surface area is 148 Å². The van der Waals surface area contributed by atoms with E-state index in [9.17, 15) is 4.79 Å². The second-order valence-corrected chi connectivity index (χ2v) is 7.34. The second kappa shape index (κ2) is 8.97. The average molecular weight is 359 g/mol. The van der Waals surface area contributed by atoms with Gasteiger partial charge < -0.3 is 11.1 Å². The molecule has 0 spiro atoms. The first-order valence-corrected chi connectivity index (χ1v) is 9.29. The number of likely N-dealkylation sites (tertiary alicyclic amines) is 1. The first-order chi connectivity index (χ1) is 10.8. The molecule has 1 saturated carbocycles. The number of hydrogen-bond acceptors (Lipinski definition) is 5. The summed E-state index contributed by atoms with van der Waals surface area (Å²) in [5.74, 6) is 0.790. The Hall–Kier alpha value is -0.690. The summed E-state index contributed by atoms with van der Waals surface area (Å²) in [6, 6.07) is 0.449. The number of rotatable bonds is 7. The van der Waals surface area contributed by atoms with Gasteiger partial charge in [-0.25, -0.2) is 4.98 Å². The maximum Gasteiger partial charge on any atom is 0.221 e. The lowest BCUT2D eigenvalue weighted by atomic mass is 10.0. The lowest BCUT2D eigenvalue weighted by Crippen LogP contribution is -2.46. The van der Waals surface area contributed by atoms with Crippen LogP contribution in [0.4, 0.5) is 0 Å². The van der Waals surface area contributed by atoms with Gasteiger partial charge in [0.2, 0.25) is 5.91 Å². The largest absolute Gasteiger partial charge is 0.354 e. The number of nitrogens with one attached hydrogen (secondary N) is 1. The van der Waals surface area contributed by atoms with Crippen molar-refractivity contribution in [3.63, 3.8) is 0 Å². The fraction of sp³-hybridized carbons (Fsp3) is 0.750. The van der Waals surface area contributed by atoms with Gasteiger partial charge >= 0.3 is 0 Å². The van der Waals surface area contributed by atoms with E-state index in [0.29, 0.717) is 24.9 Å². The van der Waals surface area contributed by atoms with Crippen LogP contribution in [0.5, 0.6) is 0 Å². The van der Waals surface area contributed by atoms with E-state index in [2.05, 4.69) is 15.2 Å². The molecule has 1 aromatic rings. The number of carbonyl (C=O) groups excluding carboxylic acids is 1. The van der Waals surface area contributed by atoms with E-state index >= 15 is 0 Å². The summed E-state index contributed by atoms with van der Waals surface area (Å²) in [5.41, 5.74) is 8.76. The molecule has 7 heteroatoms. The molecule has 3 N–H and O–H groups in total. The summed E-state index contributed by atoms with van der Waals surface area (Å²) >= 11 is 1.79. The molecule has 130 valence electrons. The van der Waals surface area contributed by atoms with Gasteiger partial charge in [0.15, 0.2) is 0 Å². The van der Waals surface area contributed by atoms with Crippen LogP contribution in [0.15, 0.2) is 5.51 Å². The predicted octanol–water partition coefficient (Wildman–Crippen LogP) is 2.26. The molecule has 2 aliphatic rings. The van der Waals surface area contributed by atoms with Gasteiger partial charge in [-0.3, -0.25) is 9.69 Å². The Morgan fingerprint density at radius 3 is 2.96 bits per heavy atom. The van der Waals surface area contributed by atoms with Gasteiger partial charge in [0.25, 0.3) is 0 Å². The van der Waals surface area contributed by atoms with Gasteiger partial charge in [-0.1, -0.05) is 6.42 Å². The van der Waals surface area contributed by atoms with Crippen molar-refractivity contribution < 1.29 is 4.79 Å². The van der Waals surface area contributed by atoms with Crippen molar-refractivity contribution in [1.29, 1.82) is 0 Å². The Morgan fingerprint density at radius 1 is 1.39 bits per heavy atom. The van der Waals surface area contributed by atoms with Gasteiger partial charge in [-0.15, -0.1) is 23.7 Å². The molecule has 0 aromatic carbocycles. The number of thiazole rings is 1. The third-order valence-corrected chi connectivity index (χ3v) is 5.47. The van der Waals surface area contributed by atoms with Crippen molar-refractivity contribution >= 4 is 29.7 Å². The van der Waals surface area contributed by atoms with Crippen LogP contribution in [0.25, 0.3) is 0 Å². The minimum Gasteiger partial charge on any atom is -0.354 e. The monoisotopic (exact) mass is 358 g/mol. The molecule has 1 unspecified atom stereocenters. The quantitative estimate of drug-likeness (QED) is 0.784. The molecule has 1 atom stereocenters. The number of hydrogen-bond donors (Lipinski definition) is 2. The first kappa shape index (κ1) is 18.6. The third kappa shape index (κ3) is 5.14. The molecular formula is C16H27ClN4OS. The van der Waals surface area contributed by atoms with Gasteiger partial charge in [0.1, 0.15) is 0 Å². The summed E-state index contributed by atoms with van der Waals surface area (Å²) in [5, 5.41) is 3.04. The zero-order valence-electron chi connectivity index (χ0n) is 13.5. The fourth-order valence-corrected chi connectivity index (χ4v) is 4.10. The summed E-state index contributed by atoms with van der Waals surface area (Å²) < 4.78 is 0. The zero-order valence-corrected chi connectivity index (χ0v) is 15.1. The second-order valence-electron chi connectivity index (χ2n) is 6.40. The van der Waals surface area contributed by atoms with E-state index in [1.165, 1.54) is 42.7 Å². The van der Waals surface area contributed by atoms with Gasteiger partial charge in [0.05, 0.1) is 11.2 Å².